The van der Waals surface area contributed by atoms with Gasteiger partial charge in [0.05, 0.1) is 35.1 Å². The molecular formula is C15H18Cl2N6O. The molecule has 0 spiro atoms. The van der Waals surface area contributed by atoms with Crippen LogP contribution in [0.4, 0.5) is 17.5 Å². The molecule has 2 N–H and O–H groups in total. The molecule has 1 aromatic heterocycles. The molecule has 1 aliphatic rings. The highest BCUT2D eigenvalue weighted by atomic mass is 35.5. The van der Waals surface area contributed by atoms with Gasteiger partial charge >= 0.3 is 0 Å². The average Bonchev–Trinajstić information content (AvgIpc) is 2.60. The largest absolute Gasteiger partial charge is 0.379 e. The van der Waals surface area contributed by atoms with Crippen LogP contribution in [-0.2, 0) is 4.74 Å². The summed E-state index contributed by atoms with van der Waals surface area (Å²) in [6, 6.07) is 5.26. The molecule has 0 atom stereocenters. The fourth-order valence-corrected chi connectivity index (χ4v) is 2.83. The summed E-state index contributed by atoms with van der Waals surface area (Å²) < 4.78 is 5.33. The van der Waals surface area contributed by atoms with Gasteiger partial charge in [-0.3, -0.25) is 4.90 Å². The van der Waals surface area contributed by atoms with E-state index in [2.05, 4.69) is 30.7 Å². The number of benzene rings is 1. The van der Waals surface area contributed by atoms with Crippen molar-refractivity contribution in [1.82, 2.24) is 20.1 Å². The molecule has 24 heavy (non-hydrogen) atoms. The van der Waals surface area contributed by atoms with E-state index in [0.29, 0.717) is 27.5 Å². The molecule has 2 aromatic rings. The standard InChI is InChI=1S/C15H18Cl2N6O/c16-11-2-1-3-12(17)14(11)21-15-20-13(10-19-22-15)18-4-5-23-6-8-24-9-7-23/h1-3,10H,4-9H2,(H2,18,20,21,22). The van der Waals surface area contributed by atoms with Crippen molar-refractivity contribution in [1.29, 1.82) is 0 Å². The first-order chi connectivity index (χ1) is 11.7. The second-order valence-electron chi connectivity index (χ2n) is 5.27. The van der Waals surface area contributed by atoms with Gasteiger partial charge in [0.1, 0.15) is 0 Å². The topological polar surface area (TPSA) is 75.2 Å². The first kappa shape index (κ1) is 17.2. The SMILES string of the molecule is Clc1cccc(Cl)c1Nc1nncc(NCCN2CCOCC2)n1. The summed E-state index contributed by atoms with van der Waals surface area (Å²) in [7, 11) is 0. The fraction of sp³-hybridized carbons (Fsp3) is 0.400. The predicted molar refractivity (Wildman–Crippen MR) is 95.3 cm³/mol. The number of hydrogen-bond donors (Lipinski definition) is 2. The Morgan fingerprint density at radius 2 is 1.92 bits per heavy atom. The highest BCUT2D eigenvalue weighted by Crippen LogP contribution is 2.31. The first-order valence-electron chi connectivity index (χ1n) is 7.67. The number of para-hydroxylation sites is 1. The second kappa shape index (κ2) is 8.43. The molecule has 2 heterocycles. The van der Waals surface area contributed by atoms with Gasteiger partial charge in [0.15, 0.2) is 5.82 Å². The maximum atomic E-state index is 6.13. The number of rotatable bonds is 6. The third-order valence-corrected chi connectivity index (χ3v) is 4.23. The van der Waals surface area contributed by atoms with E-state index in [1.165, 1.54) is 0 Å². The molecule has 1 aromatic carbocycles. The smallest absolute Gasteiger partial charge is 0.249 e. The third-order valence-electron chi connectivity index (χ3n) is 3.60. The minimum atomic E-state index is 0.335. The molecule has 9 heteroatoms. The number of halogens is 2. The lowest BCUT2D eigenvalue weighted by molar-refractivity contribution is 0.0398. The first-order valence-corrected chi connectivity index (χ1v) is 8.43. The van der Waals surface area contributed by atoms with Crippen molar-refractivity contribution in [3.63, 3.8) is 0 Å². The lowest BCUT2D eigenvalue weighted by Crippen LogP contribution is -2.39. The number of ether oxygens (including phenoxy) is 1. The van der Waals surface area contributed by atoms with Crippen LogP contribution < -0.4 is 10.6 Å². The molecule has 0 unspecified atom stereocenters. The summed E-state index contributed by atoms with van der Waals surface area (Å²) in [6.45, 7) is 5.20. The predicted octanol–water partition coefficient (Wildman–Crippen LogP) is 2.67. The van der Waals surface area contributed by atoms with Crippen LogP contribution in [0, 0.1) is 0 Å². The van der Waals surface area contributed by atoms with E-state index in [1.807, 2.05) is 0 Å². The average molecular weight is 369 g/mol. The summed E-state index contributed by atoms with van der Waals surface area (Å²) in [4.78, 5) is 6.72. The van der Waals surface area contributed by atoms with Crippen LogP contribution in [0.1, 0.15) is 0 Å². The van der Waals surface area contributed by atoms with E-state index in [1.54, 1.807) is 24.4 Å². The van der Waals surface area contributed by atoms with Crippen LogP contribution in [0.3, 0.4) is 0 Å². The van der Waals surface area contributed by atoms with Gasteiger partial charge in [-0.15, -0.1) is 5.10 Å². The molecule has 3 rings (SSSR count). The van der Waals surface area contributed by atoms with Crippen LogP contribution >= 0.6 is 23.2 Å². The van der Waals surface area contributed by atoms with E-state index in [0.717, 1.165) is 39.4 Å². The summed E-state index contributed by atoms with van der Waals surface area (Å²) in [5, 5.41) is 15.2. The quantitative estimate of drug-likeness (QED) is 0.811. The Balaban J connectivity index is 1.57. The van der Waals surface area contributed by atoms with Crippen molar-refractivity contribution < 1.29 is 4.74 Å². The molecule has 0 amide bonds. The van der Waals surface area contributed by atoms with Gasteiger partial charge in [0.25, 0.3) is 0 Å². The highest BCUT2D eigenvalue weighted by molar-refractivity contribution is 6.39. The zero-order chi connectivity index (χ0) is 16.8. The van der Waals surface area contributed by atoms with Crippen molar-refractivity contribution in [3.8, 4) is 0 Å². The maximum absolute atomic E-state index is 6.13. The van der Waals surface area contributed by atoms with Crippen molar-refractivity contribution >= 4 is 40.7 Å². The van der Waals surface area contributed by atoms with Crippen LogP contribution in [0.25, 0.3) is 0 Å². The molecule has 0 bridgehead atoms. The number of hydrogen-bond acceptors (Lipinski definition) is 7. The van der Waals surface area contributed by atoms with E-state index >= 15 is 0 Å². The molecule has 0 saturated carbocycles. The number of morpholine rings is 1. The fourth-order valence-electron chi connectivity index (χ4n) is 2.34. The van der Waals surface area contributed by atoms with E-state index < -0.39 is 0 Å². The number of anilines is 3. The lowest BCUT2D eigenvalue weighted by atomic mass is 10.3. The molecule has 0 aliphatic carbocycles. The monoisotopic (exact) mass is 368 g/mol. The molecule has 0 radical (unpaired) electrons. The molecule has 1 fully saturated rings. The van der Waals surface area contributed by atoms with Crippen LogP contribution in [0.2, 0.25) is 10.0 Å². The number of nitrogens with zero attached hydrogens (tertiary/aromatic N) is 4. The van der Waals surface area contributed by atoms with Crippen molar-refractivity contribution in [2.45, 2.75) is 0 Å². The van der Waals surface area contributed by atoms with Crippen LogP contribution in [-0.4, -0.2) is 59.5 Å². The van der Waals surface area contributed by atoms with Gasteiger partial charge in [-0.1, -0.05) is 29.3 Å². The van der Waals surface area contributed by atoms with Gasteiger partial charge in [-0.2, -0.15) is 10.1 Å². The zero-order valence-corrected chi connectivity index (χ0v) is 14.5. The minimum Gasteiger partial charge on any atom is -0.379 e. The Morgan fingerprint density at radius 1 is 1.17 bits per heavy atom. The number of aromatic nitrogens is 3. The van der Waals surface area contributed by atoms with Gasteiger partial charge in [0, 0.05) is 26.2 Å². The number of nitrogens with one attached hydrogen (secondary N) is 2. The summed E-state index contributed by atoms with van der Waals surface area (Å²) in [6.07, 6.45) is 1.58. The second-order valence-corrected chi connectivity index (χ2v) is 6.08. The maximum Gasteiger partial charge on any atom is 0.249 e. The van der Waals surface area contributed by atoms with E-state index in [-0.39, 0.29) is 0 Å². The van der Waals surface area contributed by atoms with E-state index in [4.69, 9.17) is 27.9 Å². The minimum absolute atomic E-state index is 0.335. The van der Waals surface area contributed by atoms with Gasteiger partial charge < -0.3 is 15.4 Å². The molecular weight excluding hydrogens is 351 g/mol. The van der Waals surface area contributed by atoms with Crippen molar-refractivity contribution in [3.05, 3.63) is 34.4 Å². The van der Waals surface area contributed by atoms with E-state index in [9.17, 15) is 0 Å². The summed E-state index contributed by atoms with van der Waals surface area (Å²) in [5.41, 5.74) is 0.563. The highest BCUT2D eigenvalue weighted by Gasteiger charge is 2.10. The van der Waals surface area contributed by atoms with Gasteiger partial charge in [0.2, 0.25) is 5.95 Å². The Kier molecular flexibility index (Phi) is 6.03. The Morgan fingerprint density at radius 3 is 2.67 bits per heavy atom. The Bertz CT molecular complexity index is 661. The summed E-state index contributed by atoms with van der Waals surface area (Å²) >= 11 is 12.3. The normalized spacial score (nSPS) is 15.2. The summed E-state index contributed by atoms with van der Waals surface area (Å²) in [5.74, 6) is 0.977. The van der Waals surface area contributed by atoms with Crippen molar-refractivity contribution in [2.24, 2.45) is 0 Å². The molecule has 7 nitrogen and oxygen atoms in total. The third kappa shape index (κ3) is 4.67. The van der Waals surface area contributed by atoms with Crippen LogP contribution in [0.5, 0.6) is 0 Å². The molecule has 1 saturated heterocycles. The molecule has 1 aliphatic heterocycles. The Hall–Kier alpha value is -1.67. The Labute approximate surface area is 150 Å². The van der Waals surface area contributed by atoms with Gasteiger partial charge in [-0.25, -0.2) is 0 Å². The lowest BCUT2D eigenvalue weighted by Gasteiger charge is -2.26. The molecule has 128 valence electrons. The van der Waals surface area contributed by atoms with Crippen molar-refractivity contribution in [2.75, 3.05) is 50.0 Å². The zero-order valence-electron chi connectivity index (χ0n) is 13.0. The van der Waals surface area contributed by atoms with Crippen LogP contribution in [0.15, 0.2) is 24.4 Å². The van der Waals surface area contributed by atoms with Gasteiger partial charge in [-0.05, 0) is 12.1 Å².